The number of carbonyl (C=O) groups is 3. The lowest BCUT2D eigenvalue weighted by Gasteiger charge is -2.18. The fourth-order valence-corrected chi connectivity index (χ4v) is 7.03. The van der Waals surface area contributed by atoms with Crippen LogP contribution in [0.15, 0.2) is 0 Å². The Morgan fingerprint density at radius 3 is 0.755 bits per heavy atom. The average Bonchev–Trinajstić information content (AvgIpc) is 3.15. The van der Waals surface area contributed by atoms with Crippen LogP contribution in [0, 0.1) is 0 Å². The second kappa shape index (κ2) is 43.1. The van der Waals surface area contributed by atoms with E-state index >= 15 is 0 Å². The highest BCUT2D eigenvalue weighted by atomic mass is 16.6. The molecule has 0 fully saturated rings. The Hall–Kier alpha value is -1.59. The molecule has 0 aliphatic carbocycles. The van der Waals surface area contributed by atoms with Crippen LogP contribution in [0.1, 0.15) is 265 Å². The Morgan fingerprint density at radius 2 is 0.509 bits per heavy atom. The Labute approximate surface area is 329 Å². The van der Waals surface area contributed by atoms with Gasteiger partial charge in [-0.3, -0.25) is 14.4 Å². The van der Waals surface area contributed by atoms with E-state index in [0.29, 0.717) is 19.3 Å². The van der Waals surface area contributed by atoms with Gasteiger partial charge < -0.3 is 14.2 Å². The molecule has 6 heteroatoms. The summed E-state index contributed by atoms with van der Waals surface area (Å²) in [6.45, 7) is 6.56. The van der Waals surface area contributed by atoms with E-state index in [-0.39, 0.29) is 31.1 Å². The molecule has 0 N–H and O–H groups in total. The van der Waals surface area contributed by atoms with Crippen LogP contribution >= 0.6 is 0 Å². The quantitative estimate of drug-likeness (QED) is 0.0351. The third kappa shape index (κ3) is 41.4. The van der Waals surface area contributed by atoms with Gasteiger partial charge in [0.15, 0.2) is 6.10 Å². The Morgan fingerprint density at radius 1 is 0.302 bits per heavy atom. The third-order valence-corrected chi connectivity index (χ3v) is 10.6. The van der Waals surface area contributed by atoms with Gasteiger partial charge in [0.2, 0.25) is 0 Å². The number of ether oxygens (including phenoxy) is 3. The molecule has 0 aromatic carbocycles. The summed E-state index contributed by atoms with van der Waals surface area (Å²) in [5, 5.41) is 0. The number of unbranched alkanes of at least 4 members (excludes halogenated alkanes) is 32. The van der Waals surface area contributed by atoms with Crippen molar-refractivity contribution in [2.45, 2.75) is 271 Å². The first-order chi connectivity index (χ1) is 26.0. The van der Waals surface area contributed by atoms with Crippen molar-refractivity contribution >= 4 is 17.9 Å². The topological polar surface area (TPSA) is 78.9 Å². The van der Waals surface area contributed by atoms with Crippen molar-refractivity contribution in [3.05, 3.63) is 0 Å². The predicted molar refractivity (Wildman–Crippen MR) is 224 cm³/mol. The number of carbonyl (C=O) groups excluding carboxylic acids is 3. The lowest BCUT2D eigenvalue weighted by atomic mass is 10.0. The van der Waals surface area contributed by atoms with E-state index in [1.807, 2.05) is 0 Å². The van der Waals surface area contributed by atoms with Gasteiger partial charge in [-0.15, -0.1) is 0 Å². The van der Waals surface area contributed by atoms with Gasteiger partial charge in [0.1, 0.15) is 13.2 Å². The Kier molecular flexibility index (Phi) is 41.8. The summed E-state index contributed by atoms with van der Waals surface area (Å²) < 4.78 is 16.6. The SMILES string of the molecule is CCCCCCCCCCCCCCCCCCCCCCCC(=O)OCC(COC(=O)CCCCCCC)OC(=O)CCCCCCCCCCC. The van der Waals surface area contributed by atoms with Gasteiger partial charge in [-0.2, -0.15) is 0 Å². The normalized spacial score (nSPS) is 11.8. The summed E-state index contributed by atoms with van der Waals surface area (Å²) in [5.74, 6) is -0.869. The van der Waals surface area contributed by atoms with E-state index in [4.69, 9.17) is 14.2 Å². The van der Waals surface area contributed by atoms with Crippen molar-refractivity contribution in [2.24, 2.45) is 0 Å². The number of esters is 3. The monoisotopic (exact) mass is 751 g/mol. The van der Waals surface area contributed by atoms with Crippen molar-refractivity contribution in [2.75, 3.05) is 13.2 Å². The first kappa shape index (κ1) is 51.4. The van der Waals surface area contributed by atoms with E-state index < -0.39 is 6.10 Å². The Balaban J connectivity index is 4.01. The van der Waals surface area contributed by atoms with E-state index in [2.05, 4.69) is 20.8 Å². The summed E-state index contributed by atoms with van der Waals surface area (Å²) in [7, 11) is 0. The molecule has 0 amide bonds. The summed E-state index contributed by atoms with van der Waals surface area (Å²) in [4.78, 5) is 37.4. The minimum absolute atomic E-state index is 0.0641. The molecule has 0 aromatic rings. The van der Waals surface area contributed by atoms with Crippen LogP contribution in [-0.2, 0) is 28.6 Å². The van der Waals surface area contributed by atoms with Crippen molar-refractivity contribution in [1.29, 1.82) is 0 Å². The minimum atomic E-state index is -0.756. The van der Waals surface area contributed by atoms with E-state index in [9.17, 15) is 14.4 Å². The number of rotatable bonds is 43. The molecule has 1 unspecified atom stereocenters. The van der Waals surface area contributed by atoms with Crippen molar-refractivity contribution in [3.63, 3.8) is 0 Å². The molecule has 1 atom stereocenters. The lowest BCUT2D eigenvalue weighted by molar-refractivity contribution is -0.167. The number of hydrogen-bond donors (Lipinski definition) is 0. The standard InChI is InChI=1S/C47H90O6/c1-4-7-10-13-15-17-18-19-20-21-22-23-24-25-26-27-28-30-31-34-37-40-46(49)52-43-44(42-51-45(48)39-36-33-12-9-6-3)53-47(50)41-38-35-32-29-16-14-11-8-5-2/h44H,4-43H2,1-3H3. The maximum absolute atomic E-state index is 12.6. The van der Waals surface area contributed by atoms with E-state index in [0.717, 1.165) is 64.2 Å². The van der Waals surface area contributed by atoms with Gasteiger partial charge in [-0.1, -0.05) is 226 Å². The molecule has 0 saturated heterocycles. The summed E-state index contributed by atoms with van der Waals surface area (Å²) in [6.07, 6.45) is 44.2. The molecule has 0 radical (unpaired) electrons. The summed E-state index contributed by atoms with van der Waals surface area (Å²) in [6, 6.07) is 0. The second-order valence-corrected chi connectivity index (χ2v) is 16.0. The van der Waals surface area contributed by atoms with E-state index in [1.165, 1.54) is 161 Å². The minimum Gasteiger partial charge on any atom is -0.462 e. The zero-order chi connectivity index (χ0) is 38.7. The molecule has 0 aliphatic rings. The lowest BCUT2D eigenvalue weighted by Crippen LogP contribution is -2.30. The fraction of sp³-hybridized carbons (Fsp3) is 0.936. The van der Waals surface area contributed by atoms with Crippen molar-refractivity contribution in [3.8, 4) is 0 Å². The van der Waals surface area contributed by atoms with Crippen LogP contribution in [0.5, 0.6) is 0 Å². The molecule has 0 heterocycles. The smallest absolute Gasteiger partial charge is 0.306 e. The maximum atomic E-state index is 12.6. The first-order valence-corrected chi connectivity index (χ1v) is 23.5. The van der Waals surface area contributed by atoms with Crippen LogP contribution in [0.2, 0.25) is 0 Å². The highest BCUT2D eigenvalue weighted by Gasteiger charge is 2.19. The van der Waals surface area contributed by atoms with Crippen LogP contribution in [0.3, 0.4) is 0 Å². The van der Waals surface area contributed by atoms with Crippen molar-refractivity contribution in [1.82, 2.24) is 0 Å². The fourth-order valence-electron chi connectivity index (χ4n) is 7.03. The van der Waals surface area contributed by atoms with Gasteiger partial charge in [-0.25, -0.2) is 0 Å². The summed E-state index contributed by atoms with van der Waals surface area (Å²) >= 11 is 0. The van der Waals surface area contributed by atoms with Crippen LogP contribution in [0.25, 0.3) is 0 Å². The van der Waals surface area contributed by atoms with Crippen LogP contribution in [-0.4, -0.2) is 37.2 Å². The molecule has 6 nitrogen and oxygen atoms in total. The molecule has 53 heavy (non-hydrogen) atoms. The molecule has 0 spiro atoms. The highest BCUT2D eigenvalue weighted by molar-refractivity contribution is 5.71. The second-order valence-electron chi connectivity index (χ2n) is 16.0. The largest absolute Gasteiger partial charge is 0.462 e. The maximum Gasteiger partial charge on any atom is 0.306 e. The average molecular weight is 751 g/mol. The molecule has 314 valence electrons. The number of hydrogen-bond acceptors (Lipinski definition) is 6. The highest BCUT2D eigenvalue weighted by Crippen LogP contribution is 2.16. The van der Waals surface area contributed by atoms with E-state index in [1.54, 1.807) is 0 Å². The predicted octanol–water partition coefficient (Wildman–Crippen LogP) is 14.9. The van der Waals surface area contributed by atoms with Crippen LogP contribution < -0.4 is 0 Å². The summed E-state index contributed by atoms with van der Waals surface area (Å²) in [5.41, 5.74) is 0. The molecular formula is C47H90O6. The third-order valence-electron chi connectivity index (χ3n) is 10.6. The molecule has 0 rings (SSSR count). The molecule has 0 aliphatic heterocycles. The Bertz CT molecular complexity index is 783. The van der Waals surface area contributed by atoms with Gasteiger partial charge in [0.25, 0.3) is 0 Å². The van der Waals surface area contributed by atoms with Crippen molar-refractivity contribution < 1.29 is 28.6 Å². The zero-order valence-corrected chi connectivity index (χ0v) is 35.8. The first-order valence-electron chi connectivity index (χ1n) is 23.5. The molecule has 0 bridgehead atoms. The zero-order valence-electron chi connectivity index (χ0n) is 35.8. The molecule has 0 aromatic heterocycles. The van der Waals surface area contributed by atoms with Crippen LogP contribution in [0.4, 0.5) is 0 Å². The molecule has 0 saturated carbocycles. The van der Waals surface area contributed by atoms with Gasteiger partial charge in [0, 0.05) is 19.3 Å². The van der Waals surface area contributed by atoms with Gasteiger partial charge in [-0.05, 0) is 19.3 Å². The van der Waals surface area contributed by atoms with Gasteiger partial charge in [0.05, 0.1) is 0 Å². The molecular weight excluding hydrogens is 661 g/mol. The van der Waals surface area contributed by atoms with Gasteiger partial charge >= 0.3 is 17.9 Å².